The standard InChI is InChI=1S/C33H38F3N7OS/c1-19(22-5-7-30(44)38-16-22)17-43-25(15-37)12-27-20(2)23(4-6-29(27)43)18-42-10-8-24(9-11-42)41-31-28-13-26(14-33(34,35)36)45-32(28)40-21(3)39-31/h4,6,12-13,19,22,24H,5,7-11,14,16-18H2,1-3H3,(H,38,44)(H,39,40,41)/t19-,22?/m0/s1. The van der Waals surface area contributed by atoms with Crippen LogP contribution in [0.5, 0.6) is 0 Å². The molecular weight excluding hydrogens is 599 g/mol. The summed E-state index contributed by atoms with van der Waals surface area (Å²) in [6, 6.07) is 10.5. The van der Waals surface area contributed by atoms with Gasteiger partial charge in [0.2, 0.25) is 5.91 Å². The van der Waals surface area contributed by atoms with Gasteiger partial charge in [0.25, 0.3) is 0 Å². The highest BCUT2D eigenvalue weighted by Gasteiger charge is 2.30. The molecular formula is C33H38F3N7OS. The van der Waals surface area contributed by atoms with Gasteiger partial charge >= 0.3 is 6.18 Å². The summed E-state index contributed by atoms with van der Waals surface area (Å²) in [5.41, 5.74) is 4.16. The van der Waals surface area contributed by atoms with E-state index in [9.17, 15) is 23.2 Å². The van der Waals surface area contributed by atoms with Crippen molar-refractivity contribution in [3.8, 4) is 6.07 Å². The molecule has 3 aromatic heterocycles. The normalized spacial score (nSPS) is 19.1. The molecule has 2 fully saturated rings. The van der Waals surface area contributed by atoms with Crippen LogP contribution in [-0.4, -0.2) is 57.2 Å². The maximum Gasteiger partial charge on any atom is 0.393 e. The molecule has 1 aromatic carbocycles. The monoisotopic (exact) mass is 637 g/mol. The average Bonchev–Trinajstić information content (AvgIpc) is 3.55. The van der Waals surface area contributed by atoms with Crippen molar-refractivity contribution in [2.75, 3.05) is 25.0 Å². The van der Waals surface area contributed by atoms with Gasteiger partial charge in [-0.1, -0.05) is 13.0 Å². The molecule has 1 amide bonds. The zero-order valence-corrected chi connectivity index (χ0v) is 26.6. The first kappa shape index (κ1) is 31.3. The zero-order chi connectivity index (χ0) is 31.9. The fourth-order valence-corrected chi connectivity index (χ4v) is 7.90. The number of likely N-dealkylation sites (tertiary alicyclic amines) is 1. The van der Waals surface area contributed by atoms with Gasteiger partial charge in [-0.2, -0.15) is 18.4 Å². The molecule has 1 unspecified atom stereocenters. The van der Waals surface area contributed by atoms with Crippen molar-refractivity contribution in [2.24, 2.45) is 11.8 Å². The van der Waals surface area contributed by atoms with Gasteiger partial charge in [-0.3, -0.25) is 9.69 Å². The number of aryl methyl sites for hydroxylation is 2. The number of carbonyl (C=O) groups excluding carboxylic acids is 1. The summed E-state index contributed by atoms with van der Waals surface area (Å²) in [4.78, 5) is 23.8. The van der Waals surface area contributed by atoms with Crippen molar-refractivity contribution in [1.82, 2.24) is 24.8 Å². The minimum absolute atomic E-state index is 0.119. The van der Waals surface area contributed by atoms with Crippen LogP contribution in [-0.2, 0) is 24.3 Å². The first-order chi connectivity index (χ1) is 21.5. The number of piperidine rings is 2. The van der Waals surface area contributed by atoms with Crippen LogP contribution in [0.1, 0.15) is 60.1 Å². The Morgan fingerprint density at radius 1 is 1.16 bits per heavy atom. The fraction of sp³-hybridized carbons (Fsp3) is 0.515. The molecule has 4 aromatic rings. The molecule has 2 aliphatic heterocycles. The maximum atomic E-state index is 13.0. The second-order valence-electron chi connectivity index (χ2n) is 12.7. The van der Waals surface area contributed by atoms with Gasteiger partial charge in [0.1, 0.15) is 28.2 Å². The van der Waals surface area contributed by atoms with Gasteiger partial charge in [0.15, 0.2) is 0 Å². The molecule has 238 valence electrons. The number of fused-ring (bicyclic) bond motifs is 2. The number of rotatable bonds is 8. The average molecular weight is 638 g/mol. The summed E-state index contributed by atoms with van der Waals surface area (Å²) < 4.78 is 41.1. The lowest BCUT2D eigenvalue weighted by molar-refractivity contribution is -0.126. The van der Waals surface area contributed by atoms with E-state index in [4.69, 9.17) is 0 Å². The van der Waals surface area contributed by atoms with E-state index in [2.05, 4.69) is 62.1 Å². The van der Waals surface area contributed by atoms with Crippen LogP contribution in [0.2, 0.25) is 0 Å². The van der Waals surface area contributed by atoms with Crippen LogP contribution < -0.4 is 10.6 Å². The van der Waals surface area contributed by atoms with Crippen molar-refractivity contribution in [3.63, 3.8) is 0 Å². The Kier molecular flexibility index (Phi) is 8.76. The topological polar surface area (TPSA) is 98.9 Å². The first-order valence-electron chi connectivity index (χ1n) is 15.6. The second-order valence-corrected chi connectivity index (χ2v) is 13.8. The number of amides is 1. The number of nitrogens with one attached hydrogen (secondary N) is 2. The van der Waals surface area contributed by atoms with Gasteiger partial charge in [0, 0.05) is 61.0 Å². The summed E-state index contributed by atoms with van der Waals surface area (Å²) >= 11 is 1.08. The van der Waals surface area contributed by atoms with Gasteiger partial charge in [-0.15, -0.1) is 11.3 Å². The molecule has 0 saturated carbocycles. The largest absolute Gasteiger partial charge is 0.393 e. The van der Waals surface area contributed by atoms with Gasteiger partial charge in [0.05, 0.1) is 11.8 Å². The van der Waals surface area contributed by atoms with Crippen molar-refractivity contribution >= 4 is 44.2 Å². The number of nitrogens with zero attached hydrogens (tertiary/aromatic N) is 5. The van der Waals surface area contributed by atoms with Gasteiger partial charge in [-0.25, -0.2) is 9.97 Å². The number of hydrogen-bond donors (Lipinski definition) is 2. The molecule has 6 rings (SSSR count). The third kappa shape index (κ3) is 6.94. The third-order valence-electron chi connectivity index (χ3n) is 9.41. The van der Waals surface area contributed by atoms with Crippen LogP contribution in [0.15, 0.2) is 24.3 Å². The van der Waals surface area contributed by atoms with Crippen LogP contribution >= 0.6 is 11.3 Å². The van der Waals surface area contributed by atoms with E-state index in [1.807, 2.05) is 6.07 Å². The van der Waals surface area contributed by atoms with E-state index in [0.717, 1.165) is 67.7 Å². The molecule has 0 spiro atoms. The highest BCUT2D eigenvalue weighted by atomic mass is 32.1. The highest BCUT2D eigenvalue weighted by Crippen LogP contribution is 2.34. The first-order valence-corrected chi connectivity index (χ1v) is 16.4. The number of halogens is 3. The Labute approximate surface area is 264 Å². The smallest absolute Gasteiger partial charge is 0.367 e. The zero-order valence-electron chi connectivity index (χ0n) is 25.8. The molecule has 0 aliphatic carbocycles. The Morgan fingerprint density at radius 3 is 2.62 bits per heavy atom. The molecule has 2 atom stereocenters. The van der Waals surface area contributed by atoms with E-state index in [1.165, 1.54) is 11.1 Å². The van der Waals surface area contributed by atoms with E-state index in [0.29, 0.717) is 52.4 Å². The van der Waals surface area contributed by atoms with Gasteiger partial charge < -0.3 is 15.2 Å². The number of nitriles is 1. The molecule has 0 radical (unpaired) electrons. The number of alkyl halides is 3. The maximum absolute atomic E-state index is 13.0. The van der Waals surface area contributed by atoms with Crippen LogP contribution in [0.4, 0.5) is 19.0 Å². The lowest BCUT2D eigenvalue weighted by atomic mass is 9.87. The van der Waals surface area contributed by atoms with Crippen molar-refractivity contribution in [1.29, 1.82) is 5.26 Å². The van der Waals surface area contributed by atoms with E-state index >= 15 is 0 Å². The van der Waals surface area contributed by atoms with Crippen LogP contribution in [0.3, 0.4) is 0 Å². The summed E-state index contributed by atoms with van der Waals surface area (Å²) in [7, 11) is 0. The molecule has 45 heavy (non-hydrogen) atoms. The summed E-state index contributed by atoms with van der Waals surface area (Å²) in [6.45, 7) is 10.1. The SMILES string of the molecule is Cc1nc(NC2CCN(Cc3ccc4c(cc(C#N)n4C[C@H](C)C4CCC(=O)NC4)c3C)CC2)c2cc(CC(F)(F)F)sc2n1. The summed E-state index contributed by atoms with van der Waals surface area (Å²) in [5.74, 6) is 1.99. The number of hydrogen-bond acceptors (Lipinski definition) is 7. The molecule has 2 N–H and O–H groups in total. The number of anilines is 1. The second kappa shape index (κ2) is 12.6. The van der Waals surface area contributed by atoms with Crippen LogP contribution in [0, 0.1) is 37.0 Å². The molecule has 12 heteroatoms. The van der Waals surface area contributed by atoms with Crippen molar-refractivity contribution in [3.05, 3.63) is 51.8 Å². The summed E-state index contributed by atoms with van der Waals surface area (Å²) in [5, 5.41) is 18.2. The predicted octanol–water partition coefficient (Wildman–Crippen LogP) is 6.48. The Morgan fingerprint density at radius 2 is 1.93 bits per heavy atom. The Balaban J connectivity index is 1.11. The highest BCUT2D eigenvalue weighted by molar-refractivity contribution is 7.18. The lowest BCUT2D eigenvalue weighted by Gasteiger charge is -2.33. The minimum atomic E-state index is -4.26. The third-order valence-corrected chi connectivity index (χ3v) is 10.4. The molecule has 0 bridgehead atoms. The molecule has 5 heterocycles. The number of aromatic nitrogens is 3. The molecule has 8 nitrogen and oxygen atoms in total. The van der Waals surface area contributed by atoms with E-state index in [1.54, 1.807) is 13.0 Å². The summed E-state index contributed by atoms with van der Waals surface area (Å²) in [6.07, 6.45) is -2.00. The Bertz CT molecular complexity index is 1750. The van der Waals surface area contributed by atoms with Crippen molar-refractivity contribution < 1.29 is 18.0 Å². The minimum Gasteiger partial charge on any atom is -0.367 e. The molecule has 2 saturated heterocycles. The Hall–Kier alpha value is -3.69. The lowest BCUT2D eigenvalue weighted by Crippen LogP contribution is -2.39. The molecule has 2 aliphatic rings. The number of thiophene rings is 1. The van der Waals surface area contributed by atoms with Gasteiger partial charge in [-0.05, 0) is 74.3 Å². The number of carbonyl (C=O) groups is 1. The predicted molar refractivity (Wildman–Crippen MR) is 170 cm³/mol. The van der Waals surface area contributed by atoms with Crippen LogP contribution in [0.25, 0.3) is 21.1 Å². The quantitative estimate of drug-likeness (QED) is 0.230. The van der Waals surface area contributed by atoms with E-state index < -0.39 is 12.6 Å². The van der Waals surface area contributed by atoms with Crippen molar-refractivity contribution in [2.45, 2.75) is 78.2 Å². The number of benzene rings is 1. The fourth-order valence-electron chi connectivity index (χ4n) is 6.80. The van der Waals surface area contributed by atoms with E-state index in [-0.39, 0.29) is 16.8 Å².